The van der Waals surface area contributed by atoms with Gasteiger partial charge in [0.25, 0.3) is 5.91 Å². The Morgan fingerprint density at radius 1 is 1.08 bits per heavy atom. The maximum absolute atomic E-state index is 12.7. The van der Waals surface area contributed by atoms with Crippen LogP contribution in [0.4, 0.5) is 5.69 Å². The summed E-state index contributed by atoms with van der Waals surface area (Å²) in [5.74, 6) is 1.13. The molecule has 0 saturated heterocycles. The van der Waals surface area contributed by atoms with E-state index in [1.807, 2.05) is 54.6 Å². The van der Waals surface area contributed by atoms with Gasteiger partial charge in [0.05, 0.1) is 6.26 Å². The maximum atomic E-state index is 12.7. The Bertz CT molecular complexity index is 855. The normalized spacial score (nSPS) is 11.8. The van der Waals surface area contributed by atoms with Gasteiger partial charge in [0, 0.05) is 11.3 Å². The molecule has 0 aliphatic rings. The molecule has 0 unspecified atom stereocenters. The van der Waals surface area contributed by atoms with E-state index in [0.29, 0.717) is 11.5 Å². The molecule has 0 bridgehead atoms. The van der Waals surface area contributed by atoms with E-state index < -0.39 is 0 Å². The molecule has 0 radical (unpaired) electrons. The lowest BCUT2D eigenvalue weighted by atomic mass is 9.97. The summed E-state index contributed by atoms with van der Waals surface area (Å²) in [7, 11) is 0. The zero-order chi connectivity index (χ0) is 18.4. The van der Waals surface area contributed by atoms with Crippen molar-refractivity contribution in [1.82, 2.24) is 0 Å². The van der Waals surface area contributed by atoms with Crippen molar-refractivity contribution in [3.05, 3.63) is 83.8 Å². The van der Waals surface area contributed by atoms with Crippen LogP contribution in [-0.2, 0) is 6.61 Å². The number of furan rings is 1. The Morgan fingerprint density at radius 3 is 2.58 bits per heavy atom. The van der Waals surface area contributed by atoms with Gasteiger partial charge in [-0.15, -0.1) is 0 Å². The van der Waals surface area contributed by atoms with Crippen LogP contribution in [0.2, 0.25) is 0 Å². The number of amides is 1. The van der Waals surface area contributed by atoms with Gasteiger partial charge < -0.3 is 14.5 Å². The first-order valence-corrected chi connectivity index (χ1v) is 8.83. The van der Waals surface area contributed by atoms with Gasteiger partial charge in [-0.05, 0) is 42.2 Å². The van der Waals surface area contributed by atoms with Crippen LogP contribution in [0.5, 0.6) is 5.75 Å². The van der Waals surface area contributed by atoms with Crippen molar-refractivity contribution in [2.75, 3.05) is 5.32 Å². The highest BCUT2D eigenvalue weighted by molar-refractivity contribution is 6.03. The van der Waals surface area contributed by atoms with Crippen LogP contribution in [0.1, 0.15) is 47.9 Å². The molecule has 1 N–H and O–H groups in total. The fourth-order valence-corrected chi connectivity index (χ4v) is 2.77. The van der Waals surface area contributed by atoms with E-state index in [9.17, 15) is 4.79 Å². The second-order valence-corrected chi connectivity index (χ2v) is 6.23. The van der Waals surface area contributed by atoms with Crippen LogP contribution in [-0.4, -0.2) is 5.91 Å². The summed E-state index contributed by atoms with van der Waals surface area (Å²) >= 11 is 0. The smallest absolute Gasteiger partial charge is 0.291 e. The topological polar surface area (TPSA) is 51.5 Å². The molecule has 3 aromatic rings. The van der Waals surface area contributed by atoms with Crippen molar-refractivity contribution in [3.63, 3.8) is 0 Å². The highest BCUT2D eigenvalue weighted by atomic mass is 16.5. The van der Waals surface area contributed by atoms with Crippen LogP contribution < -0.4 is 10.1 Å². The van der Waals surface area contributed by atoms with Gasteiger partial charge in [0.2, 0.25) is 0 Å². The largest absolute Gasteiger partial charge is 0.489 e. The van der Waals surface area contributed by atoms with Crippen molar-refractivity contribution >= 4 is 11.6 Å². The van der Waals surface area contributed by atoms with Crippen LogP contribution in [0, 0.1) is 0 Å². The second-order valence-electron chi connectivity index (χ2n) is 6.23. The average molecular weight is 349 g/mol. The summed E-state index contributed by atoms with van der Waals surface area (Å²) in [5, 5.41) is 2.98. The van der Waals surface area contributed by atoms with Gasteiger partial charge in [-0.25, -0.2) is 0 Å². The number of hydrogen-bond donors (Lipinski definition) is 1. The van der Waals surface area contributed by atoms with Gasteiger partial charge in [-0.1, -0.05) is 50.2 Å². The van der Waals surface area contributed by atoms with E-state index in [-0.39, 0.29) is 18.3 Å². The SMILES string of the molecule is CC[C@H](C)c1ccccc1NC(=O)c1occc1COc1ccccc1. The van der Waals surface area contributed by atoms with Crippen molar-refractivity contribution in [2.24, 2.45) is 0 Å². The molecule has 1 heterocycles. The van der Waals surface area contributed by atoms with Gasteiger partial charge >= 0.3 is 0 Å². The zero-order valence-corrected chi connectivity index (χ0v) is 15.1. The number of nitrogens with one attached hydrogen (secondary N) is 1. The molecule has 1 aromatic heterocycles. The molecule has 0 aliphatic carbocycles. The van der Waals surface area contributed by atoms with E-state index in [1.165, 1.54) is 6.26 Å². The fraction of sp³-hybridized carbons (Fsp3) is 0.227. The molecule has 3 rings (SSSR count). The molecule has 1 atom stereocenters. The van der Waals surface area contributed by atoms with E-state index >= 15 is 0 Å². The predicted molar refractivity (Wildman–Crippen MR) is 103 cm³/mol. The Kier molecular flexibility index (Phi) is 5.74. The summed E-state index contributed by atoms with van der Waals surface area (Å²) in [4.78, 5) is 12.7. The zero-order valence-electron chi connectivity index (χ0n) is 15.1. The highest BCUT2D eigenvalue weighted by Crippen LogP contribution is 2.27. The fourth-order valence-electron chi connectivity index (χ4n) is 2.77. The van der Waals surface area contributed by atoms with Gasteiger partial charge in [-0.2, -0.15) is 0 Å². The summed E-state index contributed by atoms with van der Waals surface area (Å²) in [6.45, 7) is 4.56. The minimum atomic E-state index is -0.266. The Hall–Kier alpha value is -3.01. The molecule has 2 aromatic carbocycles. The number of hydrogen-bond acceptors (Lipinski definition) is 3. The molecule has 4 nitrogen and oxygen atoms in total. The Balaban J connectivity index is 1.73. The molecular weight excluding hydrogens is 326 g/mol. The maximum Gasteiger partial charge on any atom is 0.291 e. The summed E-state index contributed by atoms with van der Waals surface area (Å²) in [5.41, 5.74) is 2.66. The first kappa shape index (κ1) is 17.8. The monoisotopic (exact) mass is 349 g/mol. The molecule has 26 heavy (non-hydrogen) atoms. The number of anilines is 1. The molecule has 0 aliphatic heterocycles. The number of para-hydroxylation sites is 2. The van der Waals surface area contributed by atoms with Crippen LogP contribution in [0.15, 0.2) is 71.3 Å². The molecule has 4 heteroatoms. The first-order valence-electron chi connectivity index (χ1n) is 8.83. The van der Waals surface area contributed by atoms with E-state index in [4.69, 9.17) is 9.15 Å². The Labute approximate surface area is 153 Å². The van der Waals surface area contributed by atoms with Gasteiger partial charge in [-0.3, -0.25) is 4.79 Å². The minimum absolute atomic E-state index is 0.266. The predicted octanol–water partition coefficient (Wildman–Crippen LogP) is 5.62. The number of benzene rings is 2. The molecule has 134 valence electrons. The Morgan fingerprint density at radius 2 is 1.81 bits per heavy atom. The van der Waals surface area contributed by atoms with Crippen molar-refractivity contribution < 1.29 is 13.9 Å². The van der Waals surface area contributed by atoms with Crippen LogP contribution >= 0.6 is 0 Å². The number of rotatable bonds is 7. The van der Waals surface area contributed by atoms with E-state index in [2.05, 4.69) is 19.2 Å². The van der Waals surface area contributed by atoms with Crippen LogP contribution in [0.25, 0.3) is 0 Å². The van der Waals surface area contributed by atoms with Crippen molar-refractivity contribution in [2.45, 2.75) is 32.8 Å². The van der Waals surface area contributed by atoms with E-state index in [1.54, 1.807) is 6.07 Å². The van der Waals surface area contributed by atoms with Gasteiger partial charge in [0.1, 0.15) is 12.4 Å². The number of ether oxygens (including phenoxy) is 1. The minimum Gasteiger partial charge on any atom is -0.489 e. The van der Waals surface area contributed by atoms with Crippen molar-refractivity contribution in [3.8, 4) is 5.75 Å². The third-order valence-electron chi connectivity index (χ3n) is 4.44. The molecule has 0 spiro atoms. The lowest BCUT2D eigenvalue weighted by Crippen LogP contribution is -2.15. The highest BCUT2D eigenvalue weighted by Gasteiger charge is 2.18. The number of carbonyl (C=O) groups excluding carboxylic acids is 1. The third-order valence-corrected chi connectivity index (χ3v) is 4.44. The second kappa shape index (κ2) is 8.39. The number of carbonyl (C=O) groups is 1. The van der Waals surface area contributed by atoms with E-state index in [0.717, 1.165) is 23.4 Å². The molecular formula is C22H23NO3. The molecule has 1 amide bonds. The van der Waals surface area contributed by atoms with Crippen LogP contribution in [0.3, 0.4) is 0 Å². The summed E-state index contributed by atoms with van der Waals surface area (Å²) < 4.78 is 11.2. The molecule has 0 fully saturated rings. The lowest BCUT2D eigenvalue weighted by molar-refractivity contribution is 0.0993. The summed E-state index contributed by atoms with van der Waals surface area (Å²) in [6, 6.07) is 19.1. The summed E-state index contributed by atoms with van der Waals surface area (Å²) in [6.07, 6.45) is 2.52. The quantitative estimate of drug-likeness (QED) is 0.602. The lowest BCUT2D eigenvalue weighted by Gasteiger charge is -2.15. The van der Waals surface area contributed by atoms with Gasteiger partial charge in [0.15, 0.2) is 5.76 Å². The van der Waals surface area contributed by atoms with Crippen molar-refractivity contribution in [1.29, 1.82) is 0 Å². The third kappa shape index (κ3) is 4.14. The standard InChI is InChI=1S/C22H23NO3/c1-3-16(2)19-11-7-8-12-20(19)23-22(24)21-17(13-14-25-21)15-26-18-9-5-4-6-10-18/h4-14,16H,3,15H2,1-2H3,(H,23,24)/t16-/m0/s1. The first-order chi connectivity index (χ1) is 12.7. The average Bonchev–Trinajstić information content (AvgIpc) is 3.16. The molecule has 0 saturated carbocycles.